The summed E-state index contributed by atoms with van der Waals surface area (Å²) in [6, 6.07) is 0. The summed E-state index contributed by atoms with van der Waals surface area (Å²) in [6.45, 7) is 17.5. The molecule has 0 saturated heterocycles. The van der Waals surface area contributed by atoms with E-state index in [-0.39, 0.29) is 33.7 Å². The van der Waals surface area contributed by atoms with Gasteiger partial charge in [0.15, 0.2) is 0 Å². The number of aliphatic hydroxyl groups excluding tert-OH is 3. The first-order valence-corrected chi connectivity index (χ1v) is 14.0. The van der Waals surface area contributed by atoms with E-state index in [0.717, 1.165) is 25.7 Å². The van der Waals surface area contributed by atoms with Crippen molar-refractivity contribution in [3.05, 3.63) is 11.6 Å². The lowest BCUT2D eigenvalue weighted by atomic mass is 9.41. The first kappa shape index (κ1) is 26.6. The molecule has 0 aliphatic heterocycles. The Morgan fingerprint density at radius 3 is 2.26 bits per heavy atom. The summed E-state index contributed by atoms with van der Waals surface area (Å²) in [5.41, 5.74) is 0.962. The lowest BCUT2D eigenvalue weighted by Gasteiger charge is -2.64. The van der Waals surface area contributed by atoms with Crippen molar-refractivity contribution in [2.45, 2.75) is 131 Å². The van der Waals surface area contributed by atoms with Crippen molar-refractivity contribution in [1.29, 1.82) is 0 Å². The molecule has 4 nitrogen and oxygen atoms in total. The Morgan fingerprint density at radius 2 is 1.65 bits per heavy atom. The number of hydrogen-bond donors (Lipinski definition) is 4. The maximum atomic E-state index is 10.8. The highest BCUT2D eigenvalue weighted by Crippen LogP contribution is 2.73. The van der Waals surface area contributed by atoms with Gasteiger partial charge in [-0.2, -0.15) is 0 Å². The quantitative estimate of drug-likeness (QED) is 0.397. The highest BCUT2D eigenvalue weighted by molar-refractivity contribution is 5.33. The van der Waals surface area contributed by atoms with Gasteiger partial charge in [-0.1, -0.05) is 53.2 Å². The molecule has 0 aromatic heterocycles. The zero-order valence-electron chi connectivity index (χ0n) is 23.1. The third kappa shape index (κ3) is 3.68. The van der Waals surface area contributed by atoms with Gasteiger partial charge in [0.2, 0.25) is 0 Å². The largest absolute Gasteiger partial charge is 0.393 e. The predicted molar refractivity (Wildman–Crippen MR) is 137 cm³/mol. The number of rotatable bonds is 5. The molecule has 0 heterocycles. The van der Waals surface area contributed by atoms with Crippen molar-refractivity contribution < 1.29 is 20.4 Å². The number of aliphatic hydroxyl groups is 4. The number of fused-ring (bicyclic) bond motifs is 5. The second-order valence-electron chi connectivity index (χ2n) is 14.7. The SMILES string of the molecule is CC(C[C@@H](O)[C@@H](O)C(C)(C)O)C1CC[C@]2(C)C3=CC[C@H]4C(C)(C)[C@@H](O)CC[C@]4(C)[C@H]3CC[C@@]12C. The zero-order chi connectivity index (χ0) is 25.5. The van der Waals surface area contributed by atoms with Crippen molar-refractivity contribution in [2.24, 2.45) is 45.3 Å². The summed E-state index contributed by atoms with van der Waals surface area (Å²) >= 11 is 0. The van der Waals surface area contributed by atoms with Gasteiger partial charge >= 0.3 is 0 Å². The van der Waals surface area contributed by atoms with Gasteiger partial charge in [0.05, 0.1) is 17.8 Å². The minimum Gasteiger partial charge on any atom is -0.393 e. The van der Waals surface area contributed by atoms with E-state index in [9.17, 15) is 20.4 Å². The van der Waals surface area contributed by atoms with Crippen LogP contribution in [0.2, 0.25) is 0 Å². The number of allylic oxidation sites excluding steroid dienone is 2. The minimum atomic E-state index is -1.30. The van der Waals surface area contributed by atoms with Gasteiger partial charge in [-0.3, -0.25) is 0 Å². The Bertz CT molecular complexity index is 811. The summed E-state index contributed by atoms with van der Waals surface area (Å²) < 4.78 is 0. The predicted octanol–water partition coefficient (Wildman–Crippen LogP) is 5.47. The third-order valence-electron chi connectivity index (χ3n) is 12.3. The van der Waals surface area contributed by atoms with Gasteiger partial charge in [0.1, 0.15) is 6.10 Å². The molecule has 3 saturated carbocycles. The molecule has 0 radical (unpaired) electrons. The highest BCUT2D eigenvalue weighted by atomic mass is 16.4. The molecule has 0 amide bonds. The van der Waals surface area contributed by atoms with Crippen LogP contribution in [-0.4, -0.2) is 44.3 Å². The Kier molecular flexibility index (Phi) is 6.50. The minimum absolute atomic E-state index is 0.0408. The van der Waals surface area contributed by atoms with Gasteiger partial charge in [0.25, 0.3) is 0 Å². The van der Waals surface area contributed by atoms with E-state index in [1.807, 2.05) is 0 Å². The van der Waals surface area contributed by atoms with Crippen LogP contribution in [0.5, 0.6) is 0 Å². The zero-order valence-corrected chi connectivity index (χ0v) is 23.1. The van der Waals surface area contributed by atoms with Crippen LogP contribution in [0.25, 0.3) is 0 Å². The van der Waals surface area contributed by atoms with Crippen LogP contribution in [0, 0.1) is 45.3 Å². The van der Waals surface area contributed by atoms with Gasteiger partial charge in [0, 0.05) is 0 Å². The Hall–Kier alpha value is -0.420. The molecule has 0 spiro atoms. The normalized spacial score (nSPS) is 46.5. The average molecular weight is 477 g/mol. The van der Waals surface area contributed by atoms with E-state index in [1.165, 1.54) is 19.3 Å². The fraction of sp³-hybridized carbons (Fsp3) is 0.933. The number of hydrogen-bond acceptors (Lipinski definition) is 4. The molecule has 4 aliphatic rings. The molecule has 196 valence electrons. The summed E-state index contributed by atoms with van der Waals surface area (Å²) in [5.74, 6) is 1.91. The maximum absolute atomic E-state index is 10.8. The van der Waals surface area contributed by atoms with Crippen molar-refractivity contribution >= 4 is 0 Å². The highest BCUT2D eigenvalue weighted by Gasteiger charge is 2.65. The fourth-order valence-electron chi connectivity index (χ4n) is 9.80. The van der Waals surface area contributed by atoms with Gasteiger partial charge in [-0.25, -0.2) is 0 Å². The Morgan fingerprint density at radius 1 is 1.00 bits per heavy atom. The van der Waals surface area contributed by atoms with E-state index in [2.05, 4.69) is 47.6 Å². The molecule has 4 aliphatic carbocycles. The van der Waals surface area contributed by atoms with Gasteiger partial charge in [-0.15, -0.1) is 0 Å². The lowest BCUT2D eigenvalue weighted by molar-refractivity contribution is -0.133. The summed E-state index contributed by atoms with van der Waals surface area (Å²) in [7, 11) is 0. The summed E-state index contributed by atoms with van der Waals surface area (Å²) in [4.78, 5) is 0. The molecule has 3 fully saturated rings. The van der Waals surface area contributed by atoms with Crippen LogP contribution in [0.3, 0.4) is 0 Å². The maximum Gasteiger partial charge on any atom is 0.108 e. The summed E-state index contributed by atoms with van der Waals surface area (Å²) in [5, 5.41) is 42.1. The van der Waals surface area contributed by atoms with Gasteiger partial charge < -0.3 is 20.4 Å². The molecule has 4 N–H and O–H groups in total. The van der Waals surface area contributed by atoms with Crippen molar-refractivity contribution in [2.75, 3.05) is 0 Å². The second-order valence-corrected chi connectivity index (χ2v) is 14.7. The van der Waals surface area contributed by atoms with Crippen LogP contribution < -0.4 is 0 Å². The van der Waals surface area contributed by atoms with Crippen LogP contribution in [-0.2, 0) is 0 Å². The molecule has 0 aromatic rings. The third-order valence-corrected chi connectivity index (χ3v) is 12.3. The fourth-order valence-corrected chi connectivity index (χ4v) is 9.80. The molecule has 10 atom stereocenters. The standard InChI is InChI=1S/C30H52O4/c1-18(17-22(31)25(33)27(4,5)34)19-11-15-30(8)21-9-10-23-26(2,3)24(32)13-14-28(23,6)20(21)12-16-29(19,30)7/h9,18-20,22-25,31-34H,10-17H2,1-8H3/t18?,19?,20-,22+,23-,24-,25+,28+,29-,30+/m0/s1. The topological polar surface area (TPSA) is 80.9 Å². The summed E-state index contributed by atoms with van der Waals surface area (Å²) in [6.07, 6.45) is 8.76. The molecule has 2 unspecified atom stereocenters. The van der Waals surface area contributed by atoms with E-state index >= 15 is 0 Å². The Balaban J connectivity index is 1.60. The molecule has 4 rings (SSSR count). The molecular weight excluding hydrogens is 424 g/mol. The lowest BCUT2D eigenvalue weighted by Crippen LogP contribution is -2.58. The van der Waals surface area contributed by atoms with Crippen LogP contribution in [0.1, 0.15) is 107 Å². The van der Waals surface area contributed by atoms with Crippen LogP contribution in [0.15, 0.2) is 11.6 Å². The van der Waals surface area contributed by atoms with E-state index < -0.39 is 17.8 Å². The molecular formula is C30H52O4. The smallest absolute Gasteiger partial charge is 0.108 e. The van der Waals surface area contributed by atoms with E-state index in [4.69, 9.17) is 0 Å². The Labute approximate surface area is 208 Å². The molecule has 4 heteroatoms. The average Bonchev–Trinajstić information content (AvgIpc) is 3.01. The first-order chi connectivity index (χ1) is 15.5. The second kappa shape index (κ2) is 8.30. The van der Waals surface area contributed by atoms with Gasteiger partial charge in [-0.05, 0) is 111 Å². The molecule has 34 heavy (non-hydrogen) atoms. The van der Waals surface area contributed by atoms with E-state index in [0.29, 0.717) is 24.2 Å². The van der Waals surface area contributed by atoms with E-state index in [1.54, 1.807) is 19.4 Å². The van der Waals surface area contributed by atoms with Crippen molar-refractivity contribution in [1.82, 2.24) is 0 Å². The molecule has 0 aromatic carbocycles. The van der Waals surface area contributed by atoms with Crippen molar-refractivity contribution in [3.63, 3.8) is 0 Å². The van der Waals surface area contributed by atoms with Crippen molar-refractivity contribution in [3.8, 4) is 0 Å². The monoisotopic (exact) mass is 476 g/mol. The van der Waals surface area contributed by atoms with Crippen LogP contribution in [0.4, 0.5) is 0 Å². The molecule has 0 bridgehead atoms. The first-order valence-electron chi connectivity index (χ1n) is 14.0. The van der Waals surface area contributed by atoms with Crippen LogP contribution >= 0.6 is 0 Å².